The third-order valence-electron chi connectivity index (χ3n) is 8.78. The summed E-state index contributed by atoms with van der Waals surface area (Å²) in [5, 5.41) is 0. The SMILES string of the molecule is CC[C@H](CC(=O)c1cc(C2CC2)c(OCC23CC4CC(CC(C4)C2)C3)cc1F)C(=O)OC(C)(C)C. The Kier molecular flexibility index (Phi) is 6.51. The Morgan fingerprint density at radius 3 is 2.17 bits per heavy atom. The molecule has 192 valence electrons. The summed E-state index contributed by atoms with van der Waals surface area (Å²) in [6, 6.07) is 3.15. The van der Waals surface area contributed by atoms with E-state index in [2.05, 4.69) is 0 Å². The van der Waals surface area contributed by atoms with Crippen molar-refractivity contribution < 1.29 is 23.5 Å². The van der Waals surface area contributed by atoms with E-state index in [-0.39, 0.29) is 23.2 Å². The summed E-state index contributed by atoms with van der Waals surface area (Å²) >= 11 is 0. The number of Topliss-reactive ketones (excluding diaryl/α,β-unsaturated/α-hetero) is 1. The quantitative estimate of drug-likeness (QED) is 0.274. The molecule has 0 radical (unpaired) electrons. The molecule has 5 aliphatic carbocycles. The minimum atomic E-state index is -0.617. The van der Waals surface area contributed by atoms with Crippen LogP contribution in [0.4, 0.5) is 4.39 Å². The van der Waals surface area contributed by atoms with E-state index in [0.717, 1.165) is 36.2 Å². The van der Waals surface area contributed by atoms with Crippen LogP contribution in [0.2, 0.25) is 0 Å². The van der Waals surface area contributed by atoms with Crippen LogP contribution in [0.25, 0.3) is 0 Å². The van der Waals surface area contributed by atoms with Gasteiger partial charge in [-0.05, 0) is 114 Å². The number of carbonyl (C=O) groups excluding carboxylic acids is 2. The van der Waals surface area contributed by atoms with Gasteiger partial charge in [0.1, 0.15) is 17.2 Å². The Labute approximate surface area is 209 Å². The molecule has 0 saturated heterocycles. The lowest BCUT2D eigenvalue weighted by Gasteiger charge is -2.56. The number of esters is 1. The van der Waals surface area contributed by atoms with Crippen LogP contribution in [-0.4, -0.2) is 24.0 Å². The van der Waals surface area contributed by atoms with Gasteiger partial charge in [0, 0.05) is 17.9 Å². The van der Waals surface area contributed by atoms with Crippen molar-refractivity contribution >= 4 is 11.8 Å². The Balaban J connectivity index is 1.30. The summed E-state index contributed by atoms with van der Waals surface area (Å²) in [5.41, 5.74) is 0.677. The van der Waals surface area contributed by atoms with Crippen LogP contribution in [0.3, 0.4) is 0 Å². The van der Waals surface area contributed by atoms with Crippen LogP contribution in [0, 0.1) is 34.9 Å². The standard InChI is InChI=1S/C30H41FO4/c1-5-21(28(33)35-29(2,3)4)11-26(32)24-12-23(22-6-7-22)27(13-25(24)31)34-17-30-14-18-8-19(15-30)10-20(9-18)16-30/h12-13,18-22H,5-11,14-17H2,1-4H3/t18?,19?,20?,21-,30?/m1/s1. The number of ether oxygens (including phenoxy) is 2. The van der Waals surface area contributed by atoms with E-state index in [0.29, 0.717) is 24.7 Å². The lowest BCUT2D eigenvalue weighted by molar-refractivity contribution is -0.160. The van der Waals surface area contributed by atoms with E-state index in [9.17, 15) is 9.59 Å². The van der Waals surface area contributed by atoms with Gasteiger partial charge in [0.2, 0.25) is 0 Å². The highest BCUT2D eigenvalue weighted by molar-refractivity contribution is 5.98. The molecule has 0 N–H and O–H groups in total. The first-order valence-electron chi connectivity index (χ1n) is 13.8. The van der Waals surface area contributed by atoms with Gasteiger partial charge in [-0.15, -0.1) is 0 Å². The van der Waals surface area contributed by atoms with E-state index < -0.39 is 23.3 Å². The second-order valence-corrected chi connectivity index (χ2v) is 13.1. The van der Waals surface area contributed by atoms with Gasteiger partial charge in [-0.25, -0.2) is 4.39 Å². The van der Waals surface area contributed by atoms with Crippen LogP contribution >= 0.6 is 0 Å². The van der Waals surface area contributed by atoms with Gasteiger partial charge in [-0.3, -0.25) is 9.59 Å². The smallest absolute Gasteiger partial charge is 0.309 e. The molecule has 4 nitrogen and oxygen atoms in total. The van der Waals surface area contributed by atoms with Gasteiger partial charge >= 0.3 is 5.97 Å². The fourth-order valence-electron chi connectivity index (χ4n) is 7.43. The van der Waals surface area contributed by atoms with Gasteiger partial charge < -0.3 is 9.47 Å². The van der Waals surface area contributed by atoms with Crippen molar-refractivity contribution in [2.45, 2.75) is 103 Å². The molecule has 5 saturated carbocycles. The fourth-order valence-corrected chi connectivity index (χ4v) is 7.43. The molecular weight excluding hydrogens is 443 g/mol. The molecule has 1 aromatic rings. The fraction of sp³-hybridized carbons (Fsp3) is 0.733. The Morgan fingerprint density at radius 1 is 1.06 bits per heavy atom. The lowest BCUT2D eigenvalue weighted by Crippen LogP contribution is -2.48. The number of carbonyl (C=O) groups is 2. The van der Waals surface area contributed by atoms with Gasteiger partial charge in [-0.1, -0.05) is 6.92 Å². The molecule has 6 rings (SSSR count). The summed E-state index contributed by atoms with van der Waals surface area (Å²) in [7, 11) is 0. The van der Waals surface area contributed by atoms with Crippen molar-refractivity contribution in [2.24, 2.45) is 29.1 Å². The molecule has 0 unspecified atom stereocenters. The summed E-state index contributed by atoms with van der Waals surface area (Å²) in [4.78, 5) is 25.7. The average molecular weight is 485 g/mol. The minimum absolute atomic E-state index is 0.0417. The predicted molar refractivity (Wildman–Crippen MR) is 133 cm³/mol. The van der Waals surface area contributed by atoms with Crippen molar-refractivity contribution in [3.8, 4) is 5.75 Å². The summed E-state index contributed by atoms with van der Waals surface area (Å²) in [5.74, 6) is 1.65. The van der Waals surface area contributed by atoms with Crippen molar-refractivity contribution in [2.75, 3.05) is 6.61 Å². The van der Waals surface area contributed by atoms with Crippen molar-refractivity contribution in [3.05, 3.63) is 29.1 Å². The number of ketones is 1. The van der Waals surface area contributed by atoms with E-state index in [1.165, 1.54) is 44.6 Å². The second kappa shape index (κ2) is 9.19. The number of benzene rings is 1. The number of hydrogen-bond donors (Lipinski definition) is 0. The highest BCUT2D eigenvalue weighted by Gasteiger charge is 2.51. The molecule has 0 heterocycles. The van der Waals surface area contributed by atoms with E-state index >= 15 is 4.39 Å². The van der Waals surface area contributed by atoms with Crippen LogP contribution in [0.1, 0.15) is 114 Å². The average Bonchev–Trinajstić information content (AvgIpc) is 3.59. The van der Waals surface area contributed by atoms with Crippen LogP contribution < -0.4 is 4.74 Å². The second-order valence-electron chi connectivity index (χ2n) is 13.1. The highest BCUT2D eigenvalue weighted by atomic mass is 19.1. The maximum atomic E-state index is 15.3. The highest BCUT2D eigenvalue weighted by Crippen LogP contribution is 2.60. The summed E-state index contributed by atoms with van der Waals surface area (Å²) < 4.78 is 27.1. The normalized spacial score (nSPS) is 30.3. The maximum absolute atomic E-state index is 15.3. The Morgan fingerprint density at radius 2 is 1.66 bits per heavy atom. The van der Waals surface area contributed by atoms with Gasteiger partial charge in [0.25, 0.3) is 0 Å². The molecule has 1 aromatic carbocycles. The topological polar surface area (TPSA) is 52.6 Å². The zero-order valence-electron chi connectivity index (χ0n) is 21.8. The van der Waals surface area contributed by atoms with E-state index in [1.54, 1.807) is 6.07 Å². The summed E-state index contributed by atoms with van der Waals surface area (Å²) in [6.07, 6.45) is 10.4. The van der Waals surface area contributed by atoms with E-state index in [4.69, 9.17) is 9.47 Å². The number of hydrogen-bond acceptors (Lipinski definition) is 4. The monoisotopic (exact) mass is 484 g/mol. The molecule has 0 amide bonds. The Bertz CT molecular complexity index is 952. The summed E-state index contributed by atoms with van der Waals surface area (Å²) in [6.45, 7) is 7.95. The van der Waals surface area contributed by atoms with Crippen molar-refractivity contribution in [1.82, 2.24) is 0 Å². The molecule has 5 aliphatic rings. The minimum Gasteiger partial charge on any atom is -0.493 e. The predicted octanol–water partition coefficient (Wildman–Crippen LogP) is 7.24. The third kappa shape index (κ3) is 5.44. The first-order chi connectivity index (χ1) is 16.5. The zero-order valence-corrected chi connectivity index (χ0v) is 21.8. The molecule has 0 aliphatic heterocycles. The van der Waals surface area contributed by atoms with Gasteiger partial charge in [0.15, 0.2) is 5.78 Å². The first-order valence-corrected chi connectivity index (χ1v) is 13.8. The molecule has 4 bridgehead atoms. The van der Waals surface area contributed by atoms with Crippen molar-refractivity contribution in [3.63, 3.8) is 0 Å². The first kappa shape index (κ1) is 24.8. The lowest BCUT2D eigenvalue weighted by atomic mass is 9.50. The van der Waals surface area contributed by atoms with Gasteiger partial charge in [0.05, 0.1) is 18.1 Å². The molecule has 5 heteroatoms. The molecular formula is C30H41FO4. The Hall–Kier alpha value is -1.91. The maximum Gasteiger partial charge on any atom is 0.309 e. The zero-order chi connectivity index (χ0) is 25.0. The molecule has 5 fully saturated rings. The number of rotatable bonds is 9. The van der Waals surface area contributed by atoms with E-state index in [1.807, 2.05) is 27.7 Å². The molecule has 1 atom stereocenters. The van der Waals surface area contributed by atoms with Crippen LogP contribution in [-0.2, 0) is 9.53 Å². The van der Waals surface area contributed by atoms with Crippen LogP contribution in [0.5, 0.6) is 5.75 Å². The number of halogens is 1. The molecule has 35 heavy (non-hydrogen) atoms. The largest absolute Gasteiger partial charge is 0.493 e. The van der Waals surface area contributed by atoms with Gasteiger partial charge in [-0.2, -0.15) is 0 Å². The molecule has 0 spiro atoms. The van der Waals surface area contributed by atoms with Crippen LogP contribution in [0.15, 0.2) is 12.1 Å². The van der Waals surface area contributed by atoms with Crippen molar-refractivity contribution in [1.29, 1.82) is 0 Å². The third-order valence-corrected chi connectivity index (χ3v) is 8.78. The molecule has 0 aromatic heterocycles.